The molecule has 0 aliphatic heterocycles. The normalized spacial score (nSPS) is 11.0. The quantitative estimate of drug-likeness (QED) is 0.260. The van der Waals surface area contributed by atoms with E-state index < -0.39 is 0 Å². The van der Waals surface area contributed by atoms with E-state index in [2.05, 4.69) is 15.0 Å². The Bertz CT molecular complexity index is 1090. The van der Waals surface area contributed by atoms with Crippen LogP contribution in [0.4, 0.5) is 5.82 Å². The molecule has 4 aromatic rings. The van der Waals surface area contributed by atoms with Gasteiger partial charge in [0.2, 0.25) is 11.5 Å². The zero-order valence-corrected chi connectivity index (χ0v) is 14.8. The lowest BCUT2D eigenvalue weighted by Gasteiger charge is -2.11. The highest BCUT2D eigenvalue weighted by Gasteiger charge is 2.24. The number of hydrogen-bond donors (Lipinski definition) is 1. The van der Waals surface area contributed by atoms with E-state index in [0.29, 0.717) is 27.6 Å². The SMILES string of the molecule is CSc1nc(-c2ccccc2)nc2nc(N)c(-c3ccccc3)[n+]([O-])c12. The molecule has 2 aromatic heterocycles. The third-order valence-electron chi connectivity index (χ3n) is 3.98. The Balaban J connectivity index is 2.01. The molecule has 0 radical (unpaired) electrons. The van der Waals surface area contributed by atoms with Gasteiger partial charge in [-0.25, -0.2) is 9.97 Å². The molecule has 0 amide bonds. The fourth-order valence-corrected chi connectivity index (χ4v) is 3.33. The maximum atomic E-state index is 13.1. The maximum Gasteiger partial charge on any atom is 0.294 e. The third kappa shape index (κ3) is 2.72. The van der Waals surface area contributed by atoms with Gasteiger partial charge in [0, 0.05) is 5.56 Å². The average molecular weight is 361 g/mol. The number of thioether (sulfide) groups is 1. The molecule has 2 aromatic carbocycles. The highest BCUT2D eigenvalue weighted by atomic mass is 32.2. The molecule has 0 spiro atoms. The molecule has 0 aliphatic rings. The Kier molecular flexibility index (Phi) is 4.14. The first-order valence-corrected chi connectivity index (χ1v) is 9.17. The number of hydrogen-bond acceptors (Lipinski definition) is 6. The smallest absolute Gasteiger partial charge is 0.294 e. The van der Waals surface area contributed by atoms with Crippen molar-refractivity contribution in [3.63, 3.8) is 0 Å². The van der Waals surface area contributed by atoms with Crippen LogP contribution < -0.4 is 10.5 Å². The van der Waals surface area contributed by atoms with E-state index in [0.717, 1.165) is 10.3 Å². The lowest BCUT2D eigenvalue weighted by molar-refractivity contribution is -0.566. The first kappa shape index (κ1) is 16.3. The lowest BCUT2D eigenvalue weighted by Crippen LogP contribution is -2.33. The van der Waals surface area contributed by atoms with Crippen molar-refractivity contribution in [3.8, 4) is 22.6 Å². The molecule has 2 heterocycles. The van der Waals surface area contributed by atoms with Crippen molar-refractivity contribution < 1.29 is 4.73 Å². The second-order valence-electron chi connectivity index (χ2n) is 5.60. The molecule has 0 fully saturated rings. The summed E-state index contributed by atoms with van der Waals surface area (Å²) in [6.07, 6.45) is 1.87. The summed E-state index contributed by atoms with van der Waals surface area (Å²) in [5, 5.41) is 13.6. The zero-order chi connectivity index (χ0) is 18.1. The molecular formula is C19H15N5OS. The predicted molar refractivity (Wildman–Crippen MR) is 103 cm³/mol. The van der Waals surface area contributed by atoms with Gasteiger partial charge in [-0.1, -0.05) is 48.5 Å². The first-order valence-electron chi connectivity index (χ1n) is 7.94. The van der Waals surface area contributed by atoms with Gasteiger partial charge in [0.15, 0.2) is 10.9 Å². The van der Waals surface area contributed by atoms with Gasteiger partial charge in [-0.05, 0) is 18.4 Å². The summed E-state index contributed by atoms with van der Waals surface area (Å²) in [5.41, 5.74) is 8.58. The van der Waals surface area contributed by atoms with Crippen LogP contribution >= 0.6 is 11.8 Å². The highest BCUT2D eigenvalue weighted by molar-refractivity contribution is 7.98. The molecule has 0 unspecified atom stereocenters. The summed E-state index contributed by atoms with van der Waals surface area (Å²) in [5.74, 6) is 0.658. The molecule has 7 heteroatoms. The minimum Gasteiger partial charge on any atom is -0.618 e. The van der Waals surface area contributed by atoms with Crippen LogP contribution in [0.2, 0.25) is 0 Å². The number of anilines is 1. The molecular weight excluding hydrogens is 346 g/mol. The second kappa shape index (κ2) is 6.61. The van der Waals surface area contributed by atoms with Gasteiger partial charge in [-0.15, -0.1) is 11.8 Å². The van der Waals surface area contributed by atoms with Gasteiger partial charge < -0.3 is 10.9 Å². The van der Waals surface area contributed by atoms with Gasteiger partial charge in [0.1, 0.15) is 0 Å². The van der Waals surface area contributed by atoms with Gasteiger partial charge >= 0.3 is 0 Å². The van der Waals surface area contributed by atoms with Crippen LogP contribution in [0.5, 0.6) is 0 Å². The molecule has 0 aliphatic carbocycles. The van der Waals surface area contributed by atoms with Crippen LogP contribution in [0.3, 0.4) is 0 Å². The van der Waals surface area contributed by atoms with Gasteiger partial charge in [0.05, 0.1) is 5.56 Å². The number of aromatic nitrogens is 4. The average Bonchev–Trinajstić information content (AvgIpc) is 2.68. The number of rotatable bonds is 3. The fraction of sp³-hybridized carbons (Fsp3) is 0.0526. The summed E-state index contributed by atoms with van der Waals surface area (Å²) < 4.78 is 0.785. The van der Waals surface area contributed by atoms with Crippen molar-refractivity contribution in [3.05, 3.63) is 65.9 Å². The maximum absolute atomic E-state index is 13.1. The van der Waals surface area contributed by atoms with Gasteiger partial charge in [0.25, 0.3) is 11.2 Å². The first-order chi connectivity index (χ1) is 12.7. The van der Waals surface area contributed by atoms with E-state index in [1.165, 1.54) is 11.8 Å². The largest absolute Gasteiger partial charge is 0.618 e. The van der Waals surface area contributed by atoms with Crippen molar-refractivity contribution in [1.29, 1.82) is 0 Å². The van der Waals surface area contributed by atoms with Crippen LogP contribution in [-0.4, -0.2) is 21.2 Å². The van der Waals surface area contributed by atoms with Crippen molar-refractivity contribution >= 4 is 28.7 Å². The van der Waals surface area contributed by atoms with E-state index in [1.54, 1.807) is 0 Å². The molecule has 0 saturated heterocycles. The summed E-state index contributed by atoms with van der Waals surface area (Å²) in [7, 11) is 0. The van der Waals surface area contributed by atoms with Crippen molar-refractivity contribution in [2.75, 3.05) is 12.0 Å². The Morgan fingerprint density at radius 3 is 2.12 bits per heavy atom. The van der Waals surface area contributed by atoms with E-state index >= 15 is 0 Å². The molecule has 4 rings (SSSR count). The number of nitrogen functional groups attached to an aromatic ring is 1. The summed E-state index contributed by atoms with van der Waals surface area (Å²) in [6, 6.07) is 18.8. The van der Waals surface area contributed by atoms with Crippen LogP contribution in [0.1, 0.15) is 0 Å². The number of benzene rings is 2. The van der Waals surface area contributed by atoms with E-state index in [1.807, 2.05) is 66.9 Å². The second-order valence-corrected chi connectivity index (χ2v) is 6.40. The number of fused-ring (bicyclic) bond motifs is 1. The number of nitrogens with zero attached hydrogens (tertiary/aromatic N) is 4. The Labute approximate surface area is 154 Å². The molecule has 0 bridgehead atoms. The highest BCUT2D eigenvalue weighted by Crippen LogP contribution is 2.28. The Morgan fingerprint density at radius 1 is 0.885 bits per heavy atom. The van der Waals surface area contributed by atoms with Crippen molar-refractivity contribution in [1.82, 2.24) is 15.0 Å². The molecule has 0 atom stereocenters. The van der Waals surface area contributed by atoms with Crippen molar-refractivity contribution in [2.45, 2.75) is 5.03 Å². The molecule has 128 valence electrons. The molecule has 26 heavy (non-hydrogen) atoms. The van der Waals surface area contributed by atoms with Gasteiger partial charge in [-0.3, -0.25) is 0 Å². The summed E-state index contributed by atoms with van der Waals surface area (Å²) in [4.78, 5) is 13.4. The van der Waals surface area contributed by atoms with E-state index in [-0.39, 0.29) is 11.5 Å². The molecule has 6 nitrogen and oxygen atoms in total. The Hall–Kier alpha value is -3.19. The topological polar surface area (TPSA) is 91.6 Å². The van der Waals surface area contributed by atoms with Crippen LogP contribution in [0.25, 0.3) is 33.8 Å². The monoisotopic (exact) mass is 361 g/mol. The molecule has 0 saturated carbocycles. The van der Waals surface area contributed by atoms with Gasteiger partial charge in [-0.2, -0.15) is 9.71 Å². The summed E-state index contributed by atoms with van der Waals surface area (Å²) in [6.45, 7) is 0. The third-order valence-corrected chi connectivity index (χ3v) is 4.65. The van der Waals surface area contributed by atoms with Crippen LogP contribution in [-0.2, 0) is 0 Å². The minimum atomic E-state index is 0.142. The van der Waals surface area contributed by atoms with E-state index in [4.69, 9.17) is 5.73 Å². The van der Waals surface area contributed by atoms with Crippen LogP contribution in [0, 0.1) is 5.21 Å². The Morgan fingerprint density at radius 2 is 1.50 bits per heavy atom. The van der Waals surface area contributed by atoms with E-state index in [9.17, 15) is 5.21 Å². The standard InChI is InChI=1S/C19H15N5OS/c1-26-19-15-18(22-17(23-19)13-10-6-3-7-11-13)21-16(20)14(24(15)25)12-8-4-2-5-9-12/h2-11H,1H3,(H2,20,21,22,23). The fourth-order valence-electron chi connectivity index (χ4n) is 2.78. The zero-order valence-electron chi connectivity index (χ0n) is 14.0. The number of nitrogens with two attached hydrogens (primary N) is 1. The predicted octanol–water partition coefficient (Wildman–Crippen LogP) is 3.30. The minimum absolute atomic E-state index is 0.142. The molecule has 2 N–H and O–H groups in total. The van der Waals surface area contributed by atoms with Crippen LogP contribution in [0.15, 0.2) is 65.7 Å². The summed E-state index contributed by atoms with van der Waals surface area (Å²) >= 11 is 1.38. The lowest BCUT2D eigenvalue weighted by atomic mass is 10.1. The van der Waals surface area contributed by atoms with Crippen molar-refractivity contribution in [2.24, 2.45) is 0 Å².